The first-order chi connectivity index (χ1) is 11.0. The number of halogens is 2. The van der Waals surface area contributed by atoms with Crippen molar-refractivity contribution < 1.29 is 23.0 Å². The molecule has 1 atom stereocenters. The minimum atomic E-state index is -2.90. The summed E-state index contributed by atoms with van der Waals surface area (Å²) in [5.74, 6) is 0.572. The van der Waals surface area contributed by atoms with Gasteiger partial charge in [-0.1, -0.05) is 6.07 Å². The molecule has 0 saturated heterocycles. The molecule has 0 aliphatic carbocycles. The number of nitrogens with zero attached hydrogens (tertiary/aromatic N) is 1. The minimum Gasteiger partial charge on any atom is -0.493 e. The van der Waals surface area contributed by atoms with Gasteiger partial charge < -0.3 is 25.3 Å². The topological polar surface area (TPSA) is 78.1 Å². The maximum atomic E-state index is 12.4. The summed E-state index contributed by atoms with van der Waals surface area (Å²) in [7, 11) is 3.00. The van der Waals surface area contributed by atoms with Crippen LogP contribution in [-0.2, 0) is 11.2 Å². The molecular weight excluding hydrogens is 308 g/mol. The third-order valence-corrected chi connectivity index (χ3v) is 2.94. The highest BCUT2D eigenvalue weighted by molar-refractivity contribution is 5.78. The number of hydrogen-bond acceptors (Lipinski definition) is 4. The molecule has 0 saturated carbocycles. The zero-order valence-electron chi connectivity index (χ0n) is 13.5. The van der Waals surface area contributed by atoms with Crippen molar-refractivity contribution in [2.24, 2.45) is 10.7 Å². The van der Waals surface area contributed by atoms with Gasteiger partial charge in [0.2, 0.25) is 0 Å². The summed E-state index contributed by atoms with van der Waals surface area (Å²) in [5.41, 5.74) is 6.54. The van der Waals surface area contributed by atoms with Crippen molar-refractivity contribution in [1.29, 1.82) is 0 Å². The van der Waals surface area contributed by atoms with Crippen LogP contribution in [-0.4, -0.2) is 46.0 Å². The average molecular weight is 331 g/mol. The summed E-state index contributed by atoms with van der Waals surface area (Å²) in [6.45, 7) is -0.0509. The maximum Gasteiger partial charge on any atom is 0.387 e. The van der Waals surface area contributed by atoms with Gasteiger partial charge in [0.15, 0.2) is 17.5 Å². The maximum absolute atomic E-state index is 12.4. The van der Waals surface area contributed by atoms with Gasteiger partial charge in [0, 0.05) is 19.7 Å². The number of benzene rings is 1. The highest BCUT2D eigenvalue weighted by Gasteiger charge is 2.11. The van der Waals surface area contributed by atoms with Gasteiger partial charge >= 0.3 is 6.61 Å². The molecule has 0 aromatic heterocycles. The molecule has 0 heterocycles. The second-order valence-electron chi connectivity index (χ2n) is 4.88. The Morgan fingerprint density at radius 2 is 2.04 bits per heavy atom. The van der Waals surface area contributed by atoms with Crippen LogP contribution in [0.4, 0.5) is 8.78 Å². The first kappa shape index (κ1) is 19.0. The normalized spacial score (nSPS) is 13.0. The summed E-state index contributed by atoms with van der Waals surface area (Å²) in [6, 6.07) is 4.91. The largest absolute Gasteiger partial charge is 0.493 e. The molecule has 0 aliphatic heterocycles. The Kier molecular flexibility index (Phi) is 8.10. The number of hydrogen-bond donors (Lipinski definition) is 2. The second-order valence-corrected chi connectivity index (χ2v) is 4.88. The molecule has 0 fully saturated rings. The summed E-state index contributed by atoms with van der Waals surface area (Å²) in [5, 5.41) is 2.98. The van der Waals surface area contributed by atoms with Crippen molar-refractivity contribution in [3.8, 4) is 11.5 Å². The van der Waals surface area contributed by atoms with E-state index in [4.69, 9.17) is 15.2 Å². The molecule has 8 heteroatoms. The lowest BCUT2D eigenvalue weighted by molar-refractivity contribution is -0.0512. The molecule has 0 aliphatic rings. The third kappa shape index (κ3) is 7.14. The first-order valence-corrected chi connectivity index (χ1v) is 7.13. The third-order valence-electron chi connectivity index (χ3n) is 2.94. The van der Waals surface area contributed by atoms with E-state index in [-0.39, 0.29) is 17.5 Å². The zero-order valence-corrected chi connectivity index (χ0v) is 13.5. The molecule has 1 rings (SSSR count). The van der Waals surface area contributed by atoms with Crippen molar-refractivity contribution in [3.05, 3.63) is 23.8 Å². The van der Waals surface area contributed by atoms with Crippen LogP contribution in [0.15, 0.2) is 23.2 Å². The van der Waals surface area contributed by atoms with Crippen LogP contribution in [0, 0.1) is 0 Å². The van der Waals surface area contributed by atoms with E-state index in [1.54, 1.807) is 19.2 Å². The summed E-state index contributed by atoms with van der Waals surface area (Å²) in [4.78, 5) is 4.18. The summed E-state index contributed by atoms with van der Waals surface area (Å²) in [6.07, 6.45) is 0.532. The molecule has 0 bridgehead atoms. The van der Waals surface area contributed by atoms with E-state index >= 15 is 0 Å². The van der Waals surface area contributed by atoms with Gasteiger partial charge in [-0.15, -0.1) is 0 Å². The van der Waals surface area contributed by atoms with Crippen LogP contribution in [0.1, 0.15) is 12.5 Å². The van der Waals surface area contributed by atoms with Gasteiger partial charge in [-0.2, -0.15) is 8.78 Å². The number of methoxy groups -OCH3 is 2. The van der Waals surface area contributed by atoms with Gasteiger partial charge in [-0.3, -0.25) is 4.99 Å². The van der Waals surface area contributed by atoms with Crippen LogP contribution >= 0.6 is 0 Å². The van der Waals surface area contributed by atoms with Crippen molar-refractivity contribution in [2.45, 2.75) is 26.0 Å². The number of rotatable bonds is 9. The molecule has 3 N–H and O–H groups in total. The lowest BCUT2D eigenvalue weighted by Gasteiger charge is -2.13. The summed E-state index contributed by atoms with van der Waals surface area (Å²) < 4.78 is 39.2. The predicted octanol–water partition coefficient (Wildman–Crippen LogP) is 1.78. The highest BCUT2D eigenvalue weighted by atomic mass is 19.3. The Morgan fingerprint density at radius 3 is 2.65 bits per heavy atom. The first-order valence-electron chi connectivity index (χ1n) is 7.13. The smallest absolute Gasteiger partial charge is 0.387 e. The number of alkyl halides is 2. The lowest BCUT2D eigenvalue weighted by Crippen LogP contribution is -2.40. The number of nitrogens with one attached hydrogen (secondary N) is 1. The fourth-order valence-corrected chi connectivity index (χ4v) is 1.96. The fraction of sp³-hybridized carbons (Fsp3) is 0.533. The molecular formula is C15H23F2N3O3. The average Bonchev–Trinajstić information content (AvgIpc) is 2.47. The Balaban J connectivity index is 2.60. The molecule has 1 aromatic rings. The van der Waals surface area contributed by atoms with Crippen LogP contribution in [0.25, 0.3) is 0 Å². The van der Waals surface area contributed by atoms with E-state index in [9.17, 15) is 8.78 Å². The molecule has 23 heavy (non-hydrogen) atoms. The highest BCUT2D eigenvalue weighted by Crippen LogP contribution is 2.29. The van der Waals surface area contributed by atoms with Crippen molar-refractivity contribution in [1.82, 2.24) is 5.32 Å². The number of nitrogens with two attached hydrogens (primary N) is 1. The van der Waals surface area contributed by atoms with E-state index in [2.05, 4.69) is 15.0 Å². The molecule has 0 spiro atoms. The van der Waals surface area contributed by atoms with E-state index in [1.165, 1.54) is 13.2 Å². The molecule has 0 amide bonds. The van der Waals surface area contributed by atoms with Crippen molar-refractivity contribution >= 4 is 5.96 Å². The van der Waals surface area contributed by atoms with Crippen molar-refractivity contribution in [3.63, 3.8) is 0 Å². The monoisotopic (exact) mass is 331 g/mol. The number of ether oxygens (including phenoxy) is 3. The van der Waals surface area contributed by atoms with E-state index < -0.39 is 6.61 Å². The SMILES string of the molecule is COCC(C)NC(N)=NCCc1ccc(OC)c(OC(F)F)c1. The van der Waals surface area contributed by atoms with Gasteiger partial charge in [0.05, 0.1) is 13.7 Å². The van der Waals surface area contributed by atoms with Crippen molar-refractivity contribution in [2.75, 3.05) is 27.4 Å². The fourth-order valence-electron chi connectivity index (χ4n) is 1.96. The molecule has 1 aromatic carbocycles. The second kappa shape index (κ2) is 9.83. The van der Waals surface area contributed by atoms with Crippen LogP contribution < -0.4 is 20.5 Å². The Bertz CT molecular complexity index is 513. The Hall–Kier alpha value is -2.09. The molecule has 0 radical (unpaired) electrons. The molecule has 6 nitrogen and oxygen atoms in total. The van der Waals surface area contributed by atoms with E-state index in [1.807, 2.05) is 6.92 Å². The summed E-state index contributed by atoms with van der Waals surface area (Å²) >= 11 is 0. The van der Waals surface area contributed by atoms with E-state index in [0.29, 0.717) is 25.5 Å². The van der Waals surface area contributed by atoms with E-state index in [0.717, 1.165) is 5.56 Å². The predicted molar refractivity (Wildman–Crippen MR) is 84.3 cm³/mol. The standard InChI is InChI=1S/C15H23F2N3O3/c1-10(9-21-2)20-15(18)19-7-6-11-4-5-12(22-3)13(8-11)23-14(16)17/h4-5,8,10,14H,6-7,9H2,1-3H3,(H3,18,19,20). The Morgan fingerprint density at radius 1 is 1.30 bits per heavy atom. The van der Waals surface area contributed by atoms with Gasteiger partial charge in [0.1, 0.15) is 0 Å². The molecule has 130 valence electrons. The number of guanidine groups is 1. The van der Waals surface area contributed by atoms with Crippen LogP contribution in [0.5, 0.6) is 11.5 Å². The number of aliphatic imine (C=N–C) groups is 1. The van der Waals surface area contributed by atoms with Crippen LogP contribution in [0.3, 0.4) is 0 Å². The lowest BCUT2D eigenvalue weighted by atomic mass is 10.1. The quantitative estimate of drug-likeness (QED) is 0.533. The Labute approximate surface area is 134 Å². The van der Waals surface area contributed by atoms with Gasteiger partial charge in [0.25, 0.3) is 0 Å². The molecule has 1 unspecified atom stereocenters. The zero-order chi connectivity index (χ0) is 17.2. The van der Waals surface area contributed by atoms with Gasteiger partial charge in [-0.05, 0) is 31.0 Å². The van der Waals surface area contributed by atoms with Crippen LogP contribution in [0.2, 0.25) is 0 Å². The minimum absolute atomic E-state index is 0.00351. The van der Waals surface area contributed by atoms with Gasteiger partial charge in [-0.25, -0.2) is 0 Å².